The number of nitrogens with one attached hydrogen (secondary N) is 2. The monoisotopic (exact) mass is 547 g/mol. The van der Waals surface area contributed by atoms with Gasteiger partial charge in [-0.1, -0.05) is 12.1 Å². The number of ether oxygens (including phenoxy) is 1. The number of pyridine rings is 1. The Morgan fingerprint density at radius 2 is 1.95 bits per heavy atom. The van der Waals surface area contributed by atoms with Gasteiger partial charge in [0.2, 0.25) is 11.8 Å². The average Bonchev–Trinajstić information content (AvgIpc) is 2.89. The van der Waals surface area contributed by atoms with Crippen LogP contribution in [0.5, 0.6) is 5.75 Å². The van der Waals surface area contributed by atoms with Crippen LogP contribution in [0.3, 0.4) is 0 Å². The quantitative estimate of drug-likeness (QED) is 0.209. The number of hydrogen-bond acceptors (Lipinski definition) is 7. The molecule has 1 atom stereocenters. The highest BCUT2D eigenvalue weighted by molar-refractivity contribution is 7.80. The number of thiol groups is 1. The highest BCUT2D eigenvalue weighted by Crippen LogP contribution is 2.31. The van der Waals surface area contributed by atoms with Crippen LogP contribution < -0.4 is 21.1 Å². The lowest BCUT2D eigenvalue weighted by atomic mass is 10.0. The highest BCUT2D eigenvalue weighted by atomic mass is 32.1. The second-order valence-electron chi connectivity index (χ2n) is 9.05. The summed E-state index contributed by atoms with van der Waals surface area (Å²) in [5.74, 6) is -0.264. The number of carbonyl (C=O) groups is 2. The molecule has 0 fully saturated rings. The summed E-state index contributed by atoms with van der Waals surface area (Å²) in [5.41, 5.74) is 8.00. The minimum absolute atomic E-state index is 0.143. The number of nitrogen functional groups attached to an aromatic ring is 1. The number of rotatable bonds is 9. The number of hydrogen-bond donors (Lipinski definition) is 4. The molecule has 0 bridgehead atoms. The molecule has 202 valence electrons. The van der Waals surface area contributed by atoms with Gasteiger partial charge >= 0.3 is 0 Å². The smallest absolute Gasteiger partial charge is 0.249 e. The Kier molecular flexibility index (Phi) is 8.55. The van der Waals surface area contributed by atoms with Crippen LogP contribution in [0.2, 0.25) is 0 Å². The topological polar surface area (TPSA) is 110 Å². The first-order chi connectivity index (χ1) is 18.7. The van der Waals surface area contributed by atoms with Crippen LogP contribution in [0.1, 0.15) is 31.0 Å². The van der Waals surface area contributed by atoms with E-state index < -0.39 is 11.9 Å². The molecule has 0 aliphatic heterocycles. The number of benzene rings is 3. The van der Waals surface area contributed by atoms with Gasteiger partial charge in [-0.05, 0) is 72.0 Å². The number of fused-ring (bicyclic) bond motifs is 1. The van der Waals surface area contributed by atoms with Crippen LogP contribution in [-0.4, -0.2) is 35.4 Å². The van der Waals surface area contributed by atoms with Crippen LogP contribution in [0.4, 0.5) is 21.6 Å². The van der Waals surface area contributed by atoms with E-state index in [4.69, 9.17) is 10.5 Å². The normalized spacial score (nSPS) is 11.6. The molecule has 0 aliphatic carbocycles. The van der Waals surface area contributed by atoms with Gasteiger partial charge in [-0.3, -0.25) is 9.59 Å². The summed E-state index contributed by atoms with van der Waals surface area (Å²) in [6.07, 6.45) is 1.55. The van der Waals surface area contributed by atoms with Crippen LogP contribution in [0.15, 0.2) is 71.8 Å². The fourth-order valence-electron chi connectivity index (χ4n) is 4.27. The van der Waals surface area contributed by atoms with Gasteiger partial charge in [-0.15, -0.1) is 12.6 Å². The molecule has 2 amide bonds. The molecule has 1 heterocycles. The van der Waals surface area contributed by atoms with E-state index in [1.807, 2.05) is 6.92 Å². The minimum Gasteiger partial charge on any atom is -0.494 e. The molecule has 3 aromatic carbocycles. The zero-order valence-electron chi connectivity index (χ0n) is 21.9. The third kappa shape index (κ3) is 6.58. The number of amides is 2. The number of likely N-dealkylation sites (N-methyl/N-ethyl adjacent to an activating group) is 1. The number of nitrogens with zero attached hydrogens (tertiary/aromatic N) is 2. The van der Waals surface area contributed by atoms with E-state index in [-0.39, 0.29) is 29.9 Å². The van der Waals surface area contributed by atoms with Crippen LogP contribution in [-0.2, 0) is 16.1 Å². The van der Waals surface area contributed by atoms with Gasteiger partial charge < -0.3 is 26.0 Å². The van der Waals surface area contributed by atoms with Gasteiger partial charge in [0.1, 0.15) is 23.4 Å². The first-order valence-corrected chi connectivity index (χ1v) is 12.8. The third-order valence-corrected chi connectivity index (χ3v) is 6.55. The number of nitrogens with two attached hydrogens (primary N) is 1. The van der Waals surface area contributed by atoms with E-state index in [0.29, 0.717) is 39.3 Å². The second kappa shape index (κ2) is 12.0. The molecule has 8 nitrogen and oxygen atoms in total. The van der Waals surface area contributed by atoms with Crippen molar-refractivity contribution in [3.05, 3.63) is 83.8 Å². The molecule has 1 aromatic heterocycles. The molecule has 1 unspecified atom stereocenters. The van der Waals surface area contributed by atoms with Gasteiger partial charge in [0, 0.05) is 42.7 Å². The van der Waals surface area contributed by atoms with Crippen LogP contribution in [0, 0.1) is 5.82 Å². The molecular weight excluding hydrogens is 517 g/mol. The lowest BCUT2D eigenvalue weighted by Crippen LogP contribution is -2.35. The maximum Gasteiger partial charge on any atom is 0.249 e. The standard InChI is InChI=1S/C29H30FN5O3S/c1-4-38-22-7-5-6-19(13-22)27(34-25-14-18-10-11-32-28(31)23(18)15-24(25)30)29(37)35(3)16-20-12-21(33-17(2)36)8-9-26(20)39/h5-15,27,34,39H,4,16H2,1-3H3,(H2,31,32)(H,33,36). The first kappa shape index (κ1) is 27.7. The molecule has 0 saturated carbocycles. The molecule has 0 saturated heterocycles. The number of carbonyl (C=O) groups excluding carboxylic acids is 2. The van der Waals surface area contributed by atoms with Gasteiger partial charge in [-0.2, -0.15) is 0 Å². The predicted molar refractivity (Wildman–Crippen MR) is 155 cm³/mol. The Morgan fingerprint density at radius 3 is 2.69 bits per heavy atom. The van der Waals surface area contributed by atoms with Crippen molar-refractivity contribution >= 4 is 52.4 Å². The zero-order valence-corrected chi connectivity index (χ0v) is 22.8. The van der Waals surface area contributed by atoms with E-state index >= 15 is 4.39 Å². The van der Waals surface area contributed by atoms with Crippen molar-refractivity contribution in [2.45, 2.75) is 31.3 Å². The minimum atomic E-state index is -0.941. The second-order valence-corrected chi connectivity index (χ2v) is 9.53. The fourth-order valence-corrected chi connectivity index (χ4v) is 4.48. The zero-order chi connectivity index (χ0) is 28.1. The molecular formula is C29H30FN5O3S. The Hall–Kier alpha value is -4.31. The van der Waals surface area contributed by atoms with Crippen molar-refractivity contribution < 1.29 is 18.7 Å². The summed E-state index contributed by atoms with van der Waals surface area (Å²) < 4.78 is 20.9. The van der Waals surface area contributed by atoms with E-state index in [2.05, 4.69) is 28.2 Å². The summed E-state index contributed by atoms with van der Waals surface area (Å²) in [5, 5.41) is 7.01. The van der Waals surface area contributed by atoms with Crippen LogP contribution in [0.25, 0.3) is 10.8 Å². The number of halogens is 1. The summed E-state index contributed by atoms with van der Waals surface area (Å²) in [7, 11) is 1.66. The molecule has 4 aromatic rings. The van der Waals surface area contributed by atoms with E-state index in [9.17, 15) is 9.59 Å². The summed E-state index contributed by atoms with van der Waals surface area (Å²) in [4.78, 5) is 31.6. The van der Waals surface area contributed by atoms with Crippen LogP contribution >= 0.6 is 12.6 Å². The Morgan fingerprint density at radius 1 is 1.15 bits per heavy atom. The van der Waals surface area contributed by atoms with Gasteiger partial charge in [-0.25, -0.2) is 9.37 Å². The lowest BCUT2D eigenvalue weighted by molar-refractivity contribution is -0.131. The molecule has 0 spiro atoms. The van der Waals surface area contributed by atoms with E-state index in [0.717, 1.165) is 5.56 Å². The molecule has 4 N–H and O–H groups in total. The van der Waals surface area contributed by atoms with Crippen molar-refractivity contribution in [3.8, 4) is 5.75 Å². The van der Waals surface area contributed by atoms with Crippen molar-refractivity contribution in [1.29, 1.82) is 0 Å². The average molecular weight is 548 g/mol. The van der Waals surface area contributed by atoms with Crippen molar-refractivity contribution in [3.63, 3.8) is 0 Å². The van der Waals surface area contributed by atoms with Crippen molar-refractivity contribution in [2.75, 3.05) is 30.0 Å². The summed E-state index contributed by atoms with van der Waals surface area (Å²) in [6.45, 7) is 3.96. The van der Waals surface area contributed by atoms with Gasteiger partial charge in [0.05, 0.1) is 12.3 Å². The highest BCUT2D eigenvalue weighted by Gasteiger charge is 2.26. The molecule has 4 rings (SSSR count). The number of anilines is 3. The van der Waals surface area contributed by atoms with Gasteiger partial charge in [0.15, 0.2) is 0 Å². The third-order valence-electron chi connectivity index (χ3n) is 6.12. The molecule has 10 heteroatoms. The van der Waals surface area contributed by atoms with Crippen molar-refractivity contribution in [1.82, 2.24) is 9.88 Å². The largest absolute Gasteiger partial charge is 0.494 e. The Bertz CT molecular complexity index is 1530. The maximum absolute atomic E-state index is 15.2. The molecule has 0 aliphatic rings. The Balaban J connectivity index is 1.69. The predicted octanol–water partition coefficient (Wildman–Crippen LogP) is 5.41. The van der Waals surface area contributed by atoms with E-state index in [1.165, 1.54) is 17.9 Å². The maximum atomic E-state index is 15.2. The fraction of sp³-hybridized carbons (Fsp3) is 0.207. The summed E-state index contributed by atoms with van der Waals surface area (Å²) >= 11 is 4.53. The Labute approximate surface area is 231 Å². The molecule has 39 heavy (non-hydrogen) atoms. The van der Waals surface area contributed by atoms with E-state index in [1.54, 1.807) is 67.8 Å². The lowest BCUT2D eigenvalue weighted by Gasteiger charge is -2.27. The SMILES string of the molecule is CCOc1cccc(C(Nc2cc3ccnc(N)c3cc2F)C(=O)N(C)Cc2cc(NC(C)=O)ccc2S)c1. The number of aromatic nitrogens is 1. The first-order valence-electron chi connectivity index (χ1n) is 12.3. The summed E-state index contributed by atoms with van der Waals surface area (Å²) in [6, 6.07) is 16.1. The molecule has 0 radical (unpaired) electrons. The van der Waals surface area contributed by atoms with Crippen molar-refractivity contribution in [2.24, 2.45) is 0 Å². The van der Waals surface area contributed by atoms with Gasteiger partial charge in [0.25, 0.3) is 0 Å².